The van der Waals surface area contributed by atoms with Gasteiger partial charge in [0.25, 0.3) is 0 Å². The zero-order valence-corrected chi connectivity index (χ0v) is 9.66. The standard InChI is InChI=1S/C12H13N3O2/c1-8(2)11-10(12(16)17)7-15(14-11)9-3-5-13-6-4-9/h3-8H,1-2H3,(H,16,17). The van der Waals surface area contributed by atoms with Crippen molar-refractivity contribution in [1.29, 1.82) is 0 Å². The lowest BCUT2D eigenvalue weighted by Gasteiger charge is -2.01. The molecule has 2 aromatic heterocycles. The summed E-state index contributed by atoms with van der Waals surface area (Å²) in [6, 6.07) is 3.56. The second kappa shape index (κ2) is 4.37. The number of aromatic carboxylic acids is 1. The Bertz CT molecular complexity index is 532. The van der Waals surface area contributed by atoms with E-state index in [9.17, 15) is 4.79 Å². The largest absolute Gasteiger partial charge is 0.478 e. The highest BCUT2D eigenvalue weighted by Gasteiger charge is 2.18. The molecule has 0 aliphatic carbocycles. The van der Waals surface area contributed by atoms with Crippen LogP contribution in [0.4, 0.5) is 0 Å². The molecule has 0 saturated heterocycles. The van der Waals surface area contributed by atoms with Crippen molar-refractivity contribution in [3.05, 3.63) is 42.0 Å². The maximum atomic E-state index is 11.1. The van der Waals surface area contributed by atoms with Crippen LogP contribution >= 0.6 is 0 Å². The molecule has 2 aromatic rings. The lowest BCUT2D eigenvalue weighted by atomic mass is 10.1. The van der Waals surface area contributed by atoms with Gasteiger partial charge in [0.1, 0.15) is 5.56 Å². The van der Waals surface area contributed by atoms with Gasteiger partial charge in [0.15, 0.2) is 0 Å². The number of carboxylic acids is 1. The van der Waals surface area contributed by atoms with Crippen molar-refractivity contribution >= 4 is 5.97 Å². The molecule has 2 rings (SSSR count). The molecule has 0 aromatic carbocycles. The van der Waals surface area contributed by atoms with Crippen LogP contribution in [0.5, 0.6) is 0 Å². The molecule has 2 heterocycles. The van der Waals surface area contributed by atoms with Gasteiger partial charge in [-0.25, -0.2) is 9.48 Å². The van der Waals surface area contributed by atoms with Crippen LogP contribution in [0.25, 0.3) is 5.69 Å². The van der Waals surface area contributed by atoms with Crippen molar-refractivity contribution in [2.45, 2.75) is 19.8 Å². The normalized spacial score (nSPS) is 10.8. The van der Waals surface area contributed by atoms with E-state index in [1.54, 1.807) is 29.2 Å². The van der Waals surface area contributed by atoms with Crippen LogP contribution in [-0.2, 0) is 0 Å². The molecular formula is C12H13N3O2. The first-order valence-corrected chi connectivity index (χ1v) is 5.33. The second-order valence-electron chi connectivity index (χ2n) is 4.04. The van der Waals surface area contributed by atoms with E-state index >= 15 is 0 Å². The number of hydrogen-bond acceptors (Lipinski definition) is 3. The van der Waals surface area contributed by atoms with Gasteiger partial charge >= 0.3 is 5.97 Å². The van der Waals surface area contributed by atoms with Crippen LogP contribution < -0.4 is 0 Å². The Morgan fingerprint density at radius 2 is 2.00 bits per heavy atom. The fourth-order valence-corrected chi connectivity index (χ4v) is 1.61. The summed E-state index contributed by atoms with van der Waals surface area (Å²) in [4.78, 5) is 15.0. The van der Waals surface area contributed by atoms with Crippen molar-refractivity contribution in [3.63, 3.8) is 0 Å². The number of aromatic nitrogens is 3. The monoisotopic (exact) mass is 231 g/mol. The van der Waals surface area contributed by atoms with E-state index in [1.807, 2.05) is 13.8 Å². The van der Waals surface area contributed by atoms with E-state index in [0.29, 0.717) is 5.69 Å². The Kier molecular flexibility index (Phi) is 2.91. The van der Waals surface area contributed by atoms with Gasteiger partial charge in [0.2, 0.25) is 0 Å². The van der Waals surface area contributed by atoms with Crippen LogP contribution in [0, 0.1) is 0 Å². The molecule has 88 valence electrons. The Hall–Kier alpha value is -2.17. The zero-order chi connectivity index (χ0) is 12.4. The Labute approximate surface area is 98.7 Å². The minimum atomic E-state index is -0.950. The summed E-state index contributed by atoms with van der Waals surface area (Å²) in [6.45, 7) is 3.84. The molecule has 0 fully saturated rings. The van der Waals surface area contributed by atoms with Gasteiger partial charge in [-0.05, 0) is 18.1 Å². The summed E-state index contributed by atoms with van der Waals surface area (Å²) in [7, 11) is 0. The van der Waals surface area contributed by atoms with E-state index < -0.39 is 5.97 Å². The first-order valence-electron chi connectivity index (χ1n) is 5.33. The molecule has 0 radical (unpaired) electrons. The molecule has 1 N–H and O–H groups in total. The smallest absolute Gasteiger partial charge is 0.339 e. The van der Waals surface area contributed by atoms with Crippen molar-refractivity contribution in [2.75, 3.05) is 0 Å². The summed E-state index contributed by atoms with van der Waals surface area (Å²) >= 11 is 0. The highest BCUT2D eigenvalue weighted by molar-refractivity contribution is 5.88. The molecule has 0 unspecified atom stereocenters. The van der Waals surface area contributed by atoms with Gasteiger partial charge < -0.3 is 5.11 Å². The summed E-state index contributed by atoms with van der Waals surface area (Å²) in [5.74, 6) is -0.877. The van der Waals surface area contributed by atoms with E-state index in [4.69, 9.17) is 5.11 Å². The zero-order valence-electron chi connectivity index (χ0n) is 9.66. The van der Waals surface area contributed by atoms with E-state index in [1.165, 1.54) is 6.20 Å². The molecular weight excluding hydrogens is 218 g/mol. The van der Waals surface area contributed by atoms with Crippen LogP contribution in [0.3, 0.4) is 0 Å². The minimum absolute atomic E-state index is 0.0733. The van der Waals surface area contributed by atoms with Crippen molar-refractivity contribution in [2.24, 2.45) is 0 Å². The number of pyridine rings is 1. The number of carboxylic acid groups (broad SMARTS) is 1. The molecule has 0 amide bonds. The first kappa shape index (κ1) is 11.3. The summed E-state index contributed by atoms with van der Waals surface area (Å²) in [6.07, 6.45) is 4.83. The van der Waals surface area contributed by atoms with Gasteiger partial charge in [-0.15, -0.1) is 0 Å². The number of nitrogens with zero attached hydrogens (tertiary/aromatic N) is 3. The molecule has 0 bridgehead atoms. The Morgan fingerprint density at radius 1 is 1.35 bits per heavy atom. The number of rotatable bonds is 3. The summed E-state index contributed by atoms with van der Waals surface area (Å²) in [5, 5.41) is 13.4. The highest BCUT2D eigenvalue weighted by Crippen LogP contribution is 2.19. The third kappa shape index (κ3) is 2.18. The molecule has 0 atom stereocenters. The first-order chi connectivity index (χ1) is 8.09. The van der Waals surface area contributed by atoms with Gasteiger partial charge in [-0.3, -0.25) is 4.98 Å². The van der Waals surface area contributed by atoms with E-state index in [0.717, 1.165) is 5.69 Å². The van der Waals surface area contributed by atoms with Crippen LogP contribution in [0.1, 0.15) is 35.8 Å². The third-order valence-electron chi connectivity index (χ3n) is 2.45. The molecule has 0 spiro atoms. The quantitative estimate of drug-likeness (QED) is 0.878. The summed E-state index contributed by atoms with van der Waals surface area (Å²) in [5.41, 5.74) is 1.64. The molecule has 0 aliphatic heterocycles. The maximum Gasteiger partial charge on any atom is 0.339 e. The highest BCUT2D eigenvalue weighted by atomic mass is 16.4. The molecule has 0 aliphatic rings. The predicted molar refractivity (Wildman–Crippen MR) is 62.4 cm³/mol. The average molecular weight is 231 g/mol. The maximum absolute atomic E-state index is 11.1. The van der Waals surface area contributed by atoms with Crippen molar-refractivity contribution < 1.29 is 9.90 Å². The molecule has 0 saturated carbocycles. The van der Waals surface area contributed by atoms with Gasteiger partial charge in [0.05, 0.1) is 11.4 Å². The molecule has 5 heteroatoms. The second-order valence-corrected chi connectivity index (χ2v) is 4.04. The lowest BCUT2D eigenvalue weighted by molar-refractivity contribution is 0.0695. The van der Waals surface area contributed by atoms with Gasteiger partial charge in [-0.1, -0.05) is 13.8 Å². The Balaban J connectivity index is 2.51. The van der Waals surface area contributed by atoms with E-state index in [-0.39, 0.29) is 11.5 Å². The SMILES string of the molecule is CC(C)c1nn(-c2ccncc2)cc1C(=O)O. The minimum Gasteiger partial charge on any atom is -0.478 e. The average Bonchev–Trinajstić information content (AvgIpc) is 2.75. The van der Waals surface area contributed by atoms with Crippen LogP contribution in [0.15, 0.2) is 30.7 Å². The van der Waals surface area contributed by atoms with Crippen LogP contribution in [0.2, 0.25) is 0 Å². The van der Waals surface area contributed by atoms with Gasteiger partial charge in [0, 0.05) is 18.6 Å². The van der Waals surface area contributed by atoms with Crippen molar-refractivity contribution in [3.8, 4) is 5.69 Å². The Morgan fingerprint density at radius 3 is 2.47 bits per heavy atom. The summed E-state index contributed by atoms with van der Waals surface area (Å²) < 4.78 is 1.57. The van der Waals surface area contributed by atoms with Crippen molar-refractivity contribution in [1.82, 2.24) is 14.8 Å². The number of hydrogen-bond donors (Lipinski definition) is 1. The lowest BCUT2D eigenvalue weighted by Crippen LogP contribution is -2.01. The third-order valence-corrected chi connectivity index (χ3v) is 2.45. The predicted octanol–water partition coefficient (Wildman–Crippen LogP) is 2.09. The van der Waals surface area contributed by atoms with Crippen LogP contribution in [-0.4, -0.2) is 25.8 Å². The number of carbonyl (C=O) groups is 1. The fraction of sp³-hybridized carbons (Fsp3) is 0.250. The topological polar surface area (TPSA) is 68.0 Å². The van der Waals surface area contributed by atoms with Gasteiger partial charge in [-0.2, -0.15) is 5.10 Å². The van der Waals surface area contributed by atoms with E-state index in [2.05, 4.69) is 10.1 Å². The fourth-order valence-electron chi connectivity index (χ4n) is 1.61. The molecule has 17 heavy (non-hydrogen) atoms. The molecule has 5 nitrogen and oxygen atoms in total.